The molecular formula is C13H10N6. The van der Waals surface area contributed by atoms with Crippen LogP contribution in [0.5, 0.6) is 0 Å². The molecule has 0 spiro atoms. The van der Waals surface area contributed by atoms with Crippen LogP contribution in [0.25, 0.3) is 33.2 Å². The van der Waals surface area contributed by atoms with Crippen molar-refractivity contribution < 1.29 is 0 Å². The van der Waals surface area contributed by atoms with Gasteiger partial charge in [-0.2, -0.15) is 5.10 Å². The number of nitrogens with one attached hydrogen (secondary N) is 2. The molecule has 0 bridgehead atoms. The van der Waals surface area contributed by atoms with Gasteiger partial charge in [-0.15, -0.1) is 0 Å². The average Bonchev–Trinajstić information content (AvgIpc) is 3.04. The van der Waals surface area contributed by atoms with Crippen molar-refractivity contribution >= 4 is 27.8 Å². The number of rotatable bonds is 1. The lowest BCUT2D eigenvalue weighted by Crippen LogP contribution is -1.92. The molecule has 92 valence electrons. The quantitative estimate of drug-likeness (QED) is 0.482. The van der Waals surface area contributed by atoms with Gasteiger partial charge in [0.2, 0.25) is 0 Å². The van der Waals surface area contributed by atoms with Gasteiger partial charge in [-0.25, -0.2) is 9.97 Å². The maximum Gasteiger partial charge on any atom is 0.186 e. The fourth-order valence-corrected chi connectivity index (χ4v) is 2.30. The van der Waals surface area contributed by atoms with Crippen LogP contribution in [0.15, 0.2) is 36.8 Å². The summed E-state index contributed by atoms with van der Waals surface area (Å²) in [5.41, 5.74) is 9.44. The fourth-order valence-electron chi connectivity index (χ4n) is 2.30. The van der Waals surface area contributed by atoms with Crippen molar-refractivity contribution in [3.05, 3.63) is 36.8 Å². The van der Waals surface area contributed by atoms with Crippen LogP contribution in [0, 0.1) is 0 Å². The zero-order valence-electron chi connectivity index (χ0n) is 9.88. The molecule has 3 heterocycles. The number of benzene rings is 1. The first kappa shape index (κ1) is 10.1. The second kappa shape index (κ2) is 3.55. The third-order valence-electron chi connectivity index (χ3n) is 3.22. The summed E-state index contributed by atoms with van der Waals surface area (Å²) in [6.45, 7) is 0. The Hall–Kier alpha value is -2.89. The summed E-state index contributed by atoms with van der Waals surface area (Å²) >= 11 is 0. The first-order valence-corrected chi connectivity index (χ1v) is 5.85. The molecule has 3 aromatic heterocycles. The highest BCUT2D eigenvalue weighted by atomic mass is 15.2. The van der Waals surface area contributed by atoms with Gasteiger partial charge < -0.3 is 10.7 Å². The molecule has 0 saturated carbocycles. The second-order valence-electron chi connectivity index (χ2n) is 4.34. The maximum absolute atomic E-state index is 5.91. The van der Waals surface area contributed by atoms with Crippen molar-refractivity contribution in [2.24, 2.45) is 0 Å². The molecule has 0 radical (unpaired) electrons. The summed E-state index contributed by atoms with van der Waals surface area (Å²) in [6.07, 6.45) is 3.33. The first-order chi connectivity index (χ1) is 9.33. The number of H-pyrrole nitrogens is 2. The largest absolute Gasteiger partial charge is 0.383 e. The summed E-state index contributed by atoms with van der Waals surface area (Å²) in [6, 6.07) is 8.14. The molecule has 0 unspecified atom stereocenters. The Kier molecular flexibility index (Phi) is 1.88. The number of nitrogens with two attached hydrogens (primary N) is 1. The number of fused-ring (bicyclic) bond motifs is 2. The normalized spacial score (nSPS) is 11.4. The van der Waals surface area contributed by atoms with E-state index in [0.717, 1.165) is 27.5 Å². The Balaban J connectivity index is 2.03. The van der Waals surface area contributed by atoms with Crippen LogP contribution < -0.4 is 5.73 Å². The van der Waals surface area contributed by atoms with Gasteiger partial charge in [0, 0.05) is 22.7 Å². The monoisotopic (exact) mass is 250 g/mol. The number of hydrogen-bond acceptors (Lipinski definition) is 4. The van der Waals surface area contributed by atoms with E-state index in [9.17, 15) is 0 Å². The van der Waals surface area contributed by atoms with Crippen LogP contribution in [-0.2, 0) is 0 Å². The number of nitrogens with zero attached hydrogens (tertiary/aromatic N) is 3. The van der Waals surface area contributed by atoms with Crippen LogP contribution in [0.1, 0.15) is 0 Å². The minimum absolute atomic E-state index is 0.433. The summed E-state index contributed by atoms with van der Waals surface area (Å²) < 4.78 is 0. The lowest BCUT2D eigenvalue weighted by molar-refractivity contribution is 1.09. The van der Waals surface area contributed by atoms with E-state index in [1.807, 2.05) is 24.4 Å². The van der Waals surface area contributed by atoms with Gasteiger partial charge in [-0.05, 0) is 18.2 Å². The number of aromatic amines is 2. The minimum atomic E-state index is 0.433. The minimum Gasteiger partial charge on any atom is -0.383 e. The number of aromatic nitrogens is 5. The molecular weight excluding hydrogens is 240 g/mol. The van der Waals surface area contributed by atoms with E-state index in [0.29, 0.717) is 11.5 Å². The van der Waals surface area contributed by atoms with Crippen LogP contribution in [0.4, 0.5) is 5.82 Å². The lowest BCUT2D eigenvalue weighted by Gasteiger charge is -2.00. The third kappa shape index (κ3) is 1.40. The van der Waals surface area contributed by atoms with Crippen LogP contribution in [0.2, 0.25) is 0 Å². The van der Waals surface area contributed by atoms with Crippen molar-refractivity contribution in [1.82, 2.24) is 25.1 Å². The number of nitrogen functional groups attached to an aromatic ring is 1. The molecule has 0 aliphatic carbocycles. The van der Waals surface area contributed by atoms with Crippen molar-refractivity contribution in [3.63, 3.8) is 0 Å². The Morgan fingerprint density at radius 3 is 3.00 bits per heavy atom. The third-order valence-corrected chi connectivity index (χ3v) is 3.22. The van der Waals surface area contributed by atoms with Crippen molar-refractivity contribution in [2.45, 2.75) is 0 Å². The van der Waals surface area contributed by atoms with Crippen molar-refractivity contribution in [3.8, 4) is 11.3 Å². The van der Waals surface area contributed by atoms with E-state index in [4.69, 9.17) is 5.73 Å². The zero-order valence-corrected chi connectivity index (χ0v) is 9.88. The molecule has 6 heteroatoms. The van der Waals surface area contributed by atoms with Crippen LogP contribution in [-0.4, -0.2) is 25.1 Å². The Labute approximate surface area is 107 Å². The van der Waals surface area contributed by atoms with Crippen LogP contribution in [0.3, 0.4) is 0 Å². The molecule has 0 aliphatic heterocycles. The van der Waals surface area contributed by atoms with Gasteiger partial charge in [-0.1, -0.05) is 6.07 Å². The standard InChI is InChI=1S/C13H10N6/c14-12-10-11(18-19-13(10)17-6-16-12)8-1-2-9-7(5-8)3-4-15-9/h1-6,15H,(H3,14,16,17,18,19). The molecule has 19 heavy (non-hydrogen) atoms. The number of hydrogen-bond donors (Lipinski definition) is 3. The van der Waals surface area contributed by atoms with E-state index in [-0.39, 0.29) is 0 Å². The van der Waals surface area contributed by atoms with E-state index in [2.05, 4.69) is 31.2 Å². The topological polar surface area (TPSA) is 96.3 Å². The lowest BCUT2D eigenvalue weighted by atomic mass is 10.1. The molecule has 0 saturated heterocycles. The van der Waals surface area contributed by atoms with Gasteiger partial charge >= 0.3 is 0 Å². The van der Waals surface area contributed by atoms with Gasteiger partial charge in [0.25, 0.3) is 0 Å². The van der Waals surface area contributed by atoms with E-state index >= 15 is 0 Å². The highest BCUT2D eigenvalue weighted by molar-refractivity contribution is 5.99. The molecule has 1 aromatic carbocycles. The summed E-state index contributed by atoms with van der Waals surface area (Å²) in [5, 5.41) is 9.04. The molecule has 4 rings (SSSR count). The van der Waals surface area contributed by atoms with E-state index in [1.165, 1.54) is 6.33 Å². The highest BCUT2D eigenvalue weighted by Gasteiger charge is 2.12. The molecule has 0 amide bonds. The second-order valence-corrected chi connectivity index (χ2v) is 4.34. The molecule has 0 atom stereocenters. The molecule has 6 nitrogen and oxygen atoms in total. The van der Waals surface area contributed by atoms with E-state index < -0.39 is 0 Å². The van der Waals surface area contributed by atoms with Crippen molar-refractivity contribution in [2.75, 3.05) is 5.73 Å². The van der Waals surface area contributed by atoms with Gasteiger partial charge in [-0.3, -0.25) is 5.10 Å². The average molecular weight is 250 g/mol. The fraction of sp³-hybridized carbons (Fsp3) is 0. The van der Waals surface area contributed by atoms with E-state index in [1.54, 1.807) is 0 Å². The maximum atomic E-state index is 5.91. The predicted octanol–water partition coefficient (Wildman–Crippen LogP) is 2.08. The Morgan fingerprint density at radius 2 is 2.05 bits per heavy atom. The highest BCUT2D eigenvalue weighted by Crippen LogP contribution is 2.30. The molecule has 0 aliphatic rings. The molecule has 4 aromatic rings. The predicted molar refractivity (Wildman–Crippen MR) is 73.4 cm³/mol. The van der Waals surface area contributed by atoms with Crippen LogP contribution >= 0.6 is 0 Å². The SMILES string of the molecule is Nc1ncnc2n[nH]c(-c3ccc4[nH]ccc4c3)c12. The summed E-state index contributed by atoms with van der Waals surface area (Å²) in [7, 11) is 0. The van der Waals surface area contributed by atoms with Crippen molar-refractivity contribution in [1.29, 1.82) is 0 Å². The van der Waals surface area contributed by atoms with Gasteiger partial charge in [0.1, 0.15) is 12.1 Å². The molecule has 4 N–H and O–H groups in total. The Bertz CT molecular complexity index is 888. The van der Waals surface area contributed by atoms with Gasteiger partial charge in [0.05, 0.1) is 11.1 Å². The zero-order chi connectivity index (χ0) is 12.8. The smallest absolute Gasteiger partial charge is 0.186 e. The summed E-state index contributed by atoms with van der Waals surface area (Å²) in [5.74, 6) is 0.433. The van der Waals surface area contributed by atoms with Gasteiger partial charge in [0.15, 0.2) is 5.65 Å². The Morgan fingerprint density at radius 1 is 1.11 bits per heavy atom. The summed E-state index contributed by atoms with van der Waals surface area (Å²) in [4.78, 5) is 11.3. The first-order valence-electron chi connectivity index (χ1n) is 5.85. The molecule has 0 fully saturated rings. The number of anilines is 1.